The van der Waals surface area contributed by atoms with Gasteiger partial charge in [-0.25, -0.2) is 19.9 Å². The van der Waals surface area contributed by atoms with E-state index in [-0.39, 0.29) is 0 Å². The van der Waals surface area contributed by atoms with Gasteiger partial charge in [-0.05, 0) is 54.6 Å². The van der Waals surface area contributed by atoms with Gasteiger partial charge in [0, 0.05) is 38.7 Å². The zero-order chi connectivity index (χ0) is 30.5. The predicted molar refractivity (Wildman–Crippen MR) is 183 cm³/mol. The van der Waals surface area contributed by atoms with Crippen LogP contribution in [0.15, 0.2) is 156 Å². The first-order valence-corrected chi connectivity index (χ1v) is 15.2. The highest BCUT2D eigenvalue weighted by atomic mass is 16.3. The Hall–Kier alpha value is -6.40. The lowest BCUT2D eigenvalue weighted by Gasteiger charge is -2.11. The van der Waals surface area contributed by atoms with Crippen LogP contribution in [0, 0.1) is 0 Å². The van der Waals surface area contributed by atoms with Crippen LogP contribution in [-0.4, -0.2) is 24.5 Å². The summed E-state index contributed by atoms with van der Waals surface area (Å²) in [6.07, 6.45) is 0. The standard InChI is InChI=1S/C40H25N5O/c1-3-12-26(13-4-1)37-42-38(44-39(43-37)29-22-23-33-36(25-29)46-40(41-33)27-14-5-2-6-15-27)28-16-11-17-30(24-28)45-34-20-9-7-18-31(34)32-19-8-10-21-35(32)45/h1-25H. The second-order valence-corrected chi connectivity index (χ2v) is 11.2. The van der Waals surface area contributed by atoms with Crippen LogP contribution in [-0.2, 0) is 0 Å². The summed E-state index contributed by atoms with van der Waals surface area (Å²) in [5.74, 6) is 2.33. The molecular weight excluding hydrogens is 566 g/mol. The van der Waals surface area contributed by atoms with Gasteiger partial charge in [-0.2, -0.15) is 0 Å². The third kappa shape index (κ3) is 4.43. The minimum absolute atomic E-state index is 0.561. The SMILES string of the molecule is c1ccc(-c2nc(-c3cccc(-n4c5ccccc5c5ccccc54)c3)nc(-c3ccc4nc(-c5ccccc5)oc4c3)n2)cc1. The van der Waals surface area contributed by atoms with Gasteiger partial charge in [0.2, 0.25) is 5.89 Å². The van der Waals surface area contributed by atoms with Crippen molar-refractivity contribution in [3.05, 3.63) is 152 Å². The minimum Gasteiger partial charge on any atom is -0.436 e. The summed E-state index contributed by atoms with van der Waals surface area (Å²) >= 11 is 0. The highest BCUT2D eigenvalue weighted by Crippen LogP contribution is 2.34. The van der Waals surface area contributed by atoms with Crippen LogP contribution in [0.1, 0.15) is 0 Å². The Bertz CT molecular complexity index is 2480. The van der Waals surface area contributed by atoms with Crippen LogP contribution in [0.3, 0.4) is 0 Å². The van der Waals surface area contributed by atoms with Crippen molar-refractivity contribution in [3.8, 4) is 51.3 Å². The predicted octanol–water partition coefficient (Wildman–Crippen LogP) is 9.78. The Morgan fingerprint density at radius 2 is 0.957 bits per heavy atom. The molecule has 3 heterocycles. The van der Waals surface area contributed by atoms with E-state index in [2.05, 4.69) is 77.4 Å². The molecule has 3 aromatic heterocycles. The lowest BCUT2D eigenvalue weighted by atomic mass is 10.1. The maximum absolute atomic E-state index is 6.19. The zero-order valence-corrected chi connectivity index (χ0v) is 24.6. The highest BCUT2D eigenvalue weighted by Gasteiger charge is 2.17. The molecule has 0 saturated carbocycles. The number of hydrogen-bond acceptors (Lipinski definition) is 5. The molecule has 0 aliphatic carbocycles. The fraction of sp³-hybridized carbons (Fsp3) is 0. The maximum Gasteiger partial charge on any atom is 0.227 e. The largest absolute Gasteiger partial charge is 0.436 e. The molecule has 0 fully saturated rings. The summed E-state index contributed by atoms with van der Waals surface area (Å²) in [5.41, 5.74) is 8.35. The van der Waals surface area contributed by atoms with E-state index in [1.54, 1.807) is 0 Å². The average Bonchev–Trinajstić information content (AvgIpc) is 3.71. The summed E-state index contributed by atoms with van der Waals surface area (Å²) in [6.45, 7) is 0. The van der Waals surface area contributed by atoms with Gasteiger partial charge in [0.05, 0.1) is 11.0 Å². The first-order chi connectivity index (χ1) is 22.8. The van der Waals surface area contributed by atoms with E-state index in [1.807, 2.05) is 78.9 Å². The summed E-state index contributed by atoms with van der Waals surface area (Å²) in [6, 6.07) is 51.2. The summed E-state index contributed by atoms with van der Waals surface area (Å²) < 4.78 is 8.49. The number of hydrogen-bond donors (Lipinski definition) is 0. The van der Waals surface area contributed by atoms with Gasteiger partial charge < -0.3 is 8.98 Å². The normalized spacial score (nSPS) is 11.5. The van der Waals surface area contributed by atoms with E-state index in [0.717, 1.165) is 44.5 Å². The van der Waals surface area contributed by atoms with Crippen LogP contribution >= 0.6 is 0 Å². The number of oxazole rings is 1. The molecule has 0 aliphatic heterocycles. The molecule has 0 aliphatic rings. The van der Waals surface area contributed by atoms with Crippen LogP contribution in [0.25, 0.3) is 84.2 Å². The van der Waals surface area contributed by atoms with Crippen molar-refractivity contribution in [2.24, 2.45) is 0 Å². The van der Waals surface area contributed by atoms with E-state index in [4.69, 9.17) is 24.4 Å². The third-order valence-electron chi connectivity index (χ3n) is 8.28. The lowest BCUT2D eigenvalue weighted by Crippen LogP contribution is -2.01. The molecule has 6 aromatic carbocycles. The number of nitrogens with zero attached hydrogens (tertiary/aromatic N) is 5. The van der Waals surface area contributed by atoms with Crippen molar-refractivity contribution in [1.29, 1.82) is 0 Å². The molecular formula is C40H25N5O. The van der Waals surface area contributed by atoms with Crippen LogP contribution in [0.4, 0.5) is 0 Å². The fourth-order valence-electron chi connectivity index (χ4n) is 6.10. The number of rotatable bonds is 5. The Morgan fingerprint density at radius 3 is 1.63 bits per heavy atom. The second kappa shape index (κ2) is 10.6. The van der Waals surface area contributed by atoms with Crippen molar-refractivity contribution < 1.29 is 4.42 Å². The van der Waals surface area contributed by atoms with E-state index in [1.165, 1.54) is 10.8 Å². The molecule has 0 bridgehead atoms. The molecule has 46 heavy (non-hydrogen) atoms. The zero-order valence-electron chi connectivity index (χ0n) is 24.6. The minimum atomic E-state index is 0.561. The maximum atomic E-state index is 6.19. The molecule has 0 saturated heterocycles. The molecule has 0 spiro atoms. The molecule has 6 heteroatoms. The number of benzene rings is 6. The fourth-order valence-corrected chi connectivity index (χ4v) is 6.10. The van der Waals surface area contributed by atoms with Crippen LogP contribution in [0.2, 0.25) is 0 Å². The molecule has 9 rings (SSSR count). The van der Waals surface area contributed by atoms with Gasteiger partial charge >= 0.3 is 0 Å². The third-order valence-corrected chi connectivity index (χ3v) is 8.28. The van der Waals surface area contributed by atoms with Gasteiger partial charge in [0.1, 0.15) is 5.52 Å². The first kappa shape index (κ1) is 26.0. The first-order valence-electron chi connectivity index (χ1n) is 15.2. The van der Waals surface area contributed by atoms with Gasteiger partial charge in [-0.1, -0.05) is 97.1 Å². The molecule has 6 nitrogen and oxygen atoms in total. The molecule has 0 unspecified atom stereocenters. The molecule has 0 radical (unpaired) electrons. The van der Waals surface area contributed by atoms with Crippen molar-refractivity contribution in [1.82, 2.24) is 24.5 Å². The smallest absolute Gasteiger partial charge is 0.227 e. The number of aromatic nitrogens is 5. The van der Waals surface area contributed by atoms with Crippen molar-refractivity contribution >= 4 is 32.9 Å². The lowest BCUT2D eigenvalue weighted by molar-refractivity contribution is 0.620. The Morgan fingerprint density at radius 1 is 0.413 bits per heavy atom. The summed E-state index contributed by atoms with van der Waals surface area (Å²) in [4.78, 5) is 19.6. The number of para-hydroxylation sites is 2. The molecule has 0 amide bonds. The molecule has 0 N–H and O–H groups in total. The van der Waals surface area contributed by atoms with Crippen molar-refractivity contribution in [3.63, 3.8) is 0 Å². The van der Waals surface area contributed by atoms with Crippen molar-refractivity contribution in [2.45, 2.75) is 0 Å². The summed E-state index contributed by atoms with van der Waals surface area (Å²) in [7, 11) is 0. The Kier molecular flexibility index (Phi) is 6.03. The monoisotopic (exact) mass is 591 g/mol. The van der Waals surface area contributed by atoms with E-state index in [9.17, 15) is 0 Å². The Balaban J connectivity index is 1.20. The van der Waals surface area contributed by atoms with Crippen molar-refractivity contribution in [2.75, 3.05) is 0 Å². The van der Waals surface area contributed by atoms with Gasteiger partial charge in [-0.3, -0.25) is 0 Å². The second-order valence-electron chi connectivity index (χ2n) is 11.2. The highest BCUT2D eigenvalue weighted by molar-refractivity contribution is 6.09. The molecule has 216 valence electrons. The number of fused-ring (bicyclic) bond motifs is 4. The van der Waals surface area contributed by atoms with Crippen LogP contribution < -0.4 is 0 Å². The van der Waals surface area contributed by atoms with E-state index in [0.29, 0.717) is 28.9 Å². The molecule has 9 aromatic rings. The summed E-state index contributed by atoms with van der Waals surface area (Å²) in [5, 5.41) is 2.44. The topological polar surface area (TPSA) is 69.6 Å². The average molecular weight is 592 g/mol. The molecule has 0 atom stereocenters. The van der Waals surface area contributed by atoms with Crippen LogP contribution in [0.5, 0.6) is 0 Å². The van der Waals surface area contributed by atoms with Gasteiger partial charge in [-0.15, -0.1) is 0 Å². The van der Waals surface area contributed by atoms with Gasteiger partial charge in [0.25, 0.3) is 0 Å². The van der Waals surface area contributed by atoms with Gasteiger partial charge in [0.15, 0.2) is 23.1 Å². The van der Waals surface area contributed by atoms with E-state index < -0.39 is 0 Å². The van der Waals surface area contributed by atoms with E-state index >= 15 is 0 Å². The quantitative estimate of drug-likeness (QED) is 0.199. The Labute approximate surface area is 264 Å².